The van der Waals surface area contributed by atoms with Gasteiger partial charge in [0.25, 0.3) is 0 Å². The number of hydrogen-bond acceptors (Lipinski definition) is 4. The Bertz CT molecular complexity index is 507. The van der Waals surface area contributed by atoms with Gasteiger partial charge < -0.3 is 14.4 Å². The van der Waals surface area contributed by atoms with Crippen LogP contribution in [0.25, 0.3) is 0 Å². The van der Waals surface area contributed by atoms with E-state index in [-0.39, 0.29) is 18.4 Å². The molecule has 0 bridgehead atoms. The van der Waals surface area contributed by atoms with Crippen LogP contribution >= 0.6 is 11.8 Å². The topological polar surface area (TPSA) is 53.7 Å². The molecule has 0 aromatic carbocycles. The predicted molar refractivity (Wildman–Crippen MR) is 83.3 cm³/mol. The molecule has 0 spiro atoms. The van der Waals surface area contributed by atoms with E-state index in [1.165, 1.54) is 0 Å². The third-order valence-electron chi connectivity index (χ3n) is 4.55. The molecule has 116 valence electrons. The molecule has 1 aliphatic carbocycles. The summed E-state index contributed by atoms with van der Waals surface area (Å²) in [4.78, 5) is 14.6. The molecule has 2 aliphatic rings. The summed E-state index contributed by atoms with van der Waals surface area (Å²) in [6, 6.07) is 3.92. The summed E-state index contributed by atoms with van der Waals surface area (Å²) in [5, 5.41) is 10.5. The smallest absolute Gasteiger partial charge is 0.226 e. The molecular formula is C16H23NO3S. The van der Waals surface area contributed by atoms with Gasteiger partial charge in [-0.2, -0.15) is 11.8 Å². The fourth-order valence-corrected chi connectivity index (χ4v) is 4.42. The minimum atomic E-state index is -0.773. The molecule has 1 aromatic rings. The van der Waals surface area contributed by atoms with Crippen LogP contribution in [-0.2, 0) is 4.79 Å². The molecule has 1 saturated heterocycles. The lowest BCUT2D eigenvalue weighted by Gasteiger charge is -2.36. The molecule has 1 aliphatic heterocycles. The van der Waals surface area contributed by atoms with Crippen molar-refractivity contribution in [3.8, 4) is 0 Å². The predicted octanol–water partition coefficient (Wildman–Crippen LogP) is 2.90. The summed E-state index contributed by atoms with van der Waals surface area (Å²) in [6.07, 6.45) is 3.83. The van der Waals surface area contributed by atoms with Crippen molar-refractivity contribution < 1.29 is 14.3 Å². The number of hydrogen-bond donors (Lipinski definition) is 1. The van der Waals surface area contributed by atoms with E-state index in [9.17, 15) is 9.90 Å². The molecule has 1 saturated carbocycles. The van der Waals surface area contributed by atoms with Gasteiger partial charge >= 0.3 is 0 Å². The van der Waals surface area contributed by atoms with E-state index in [1.807, 2.05) is 35.7 Å². The lowest BCUT2D eigenvalue weighted by molar-refractivity contribution is -0.138. The number of thioether (sulfide) groups is 1. The quantitative estimate of drug-likeness (QED) is 0.933. The largest absolute Gasteiger partial charge is 0.464 e. The average molecular weight is 309 g/mol. The highest BCUT2D eigenvalue weighted by molar-refractivity contribution is 7.99. The number of nitrogens with zero attached hydrogens (tertiary/aromatic N) is 1. The van der Waals surface area contributed by atoms with Gasteiger partial charge in [-0.05, 0) is 31.9 Å². The van der Waals surface area contributed by atoms with Gasteiger partial charge in [-0.25, -0.2) is 0 Å². The van der Waals surface area contributed by atoms with Crippen molar-refractivity contribution in [1.82, 2.24) is 4.90 Å². The van der Waals surface area contributed by atoms with Crippen molar-refractivity contribution in [3.63, 3.8) is 0 Å². The first-order valence-corrected chi connectivity index (χ1v) is 8.89. The summed E-state index contributed by atoms with van der Waals surface area (Å²) in [5.74, 6) is 3.64. The summed E-state index contributed by atoms with van der Waals surface area (Å²) in [6.45, 7) is 2.66. The number of aryl methyl sites for hydroxylation is 1. The van der Waals surface area contributed by atoms with Gasteiger partial charge in [0.15, 0.2) is 0 Å². The van der Waals surface area contributed by atoms with Gasteiger partial charge in [0.2, 0.25) is 5.91 Å². The first kappa shape index (κ1) is 15.0. The molecule has 1 amide bonds. The highest BCUT2D eigenvalue weighted by Crippen LogP contribution is 2.36. The van der Waals surface area contributed by atoms with Crippen LogP contribution in [0.3, 0.4) is 0 Å². The van der Waals surface area contributed by atoms with Gasteiger partial charge in [-0.3, -0.25) is 4.79 Å². The van der Waals surface area contributed by atoms with Crippen molar-refractivity contribution >= 4 is 17.7 Å². The fourth-order valence-electron chi connectivity index (χ4n) is 3.36. The van der Waals surface area contributed by atoms with Gasteiger partial charge in [-0.1, -0.05) is 12.8 Å². The second-order valence-corrected chi connectivity index (χ2v) is 7.38. The highest BCUT2D eigenvalue weighted by Gasteiger charge is 2.38. The highest BCUT2D eigenvalue weighted by atomic mass is 32.2. The number of furan rings is 1. The van der Waals surface area contributed by atoms with E-state index in [0.717, 1.165) is 55.3 Å². The fraction of sp³-hybridized carbons (Fsp3) is 0.688. The molecule has 2 fully saturated rings. The Morgan fingerprint density at radius 2 is 2.24 bits per heavy atom. The van der Waals surface area contributed by atoms with Crippen molar-refractivity contribution in [2.45, 2.75) is 50.7 Å². The normalized spacial score (nSPS) is 25.2. The number of aliphatic hydroxyl groups is 1. The molecule has 3 rings (SSSR count). The maximum atomic E-state index is 12.7. The van der Waals surface area contributed by atoms with Crippen LogP contribution < -0.4 is 0 Å². The monoisotopic (exact) mass is 309 g/mol. The van der Waals surface area contributed by atoms with Crippen LogP contribution in [0.1, 0.15) is 49.7 Å². The summed E-state index contributed by atoms with van der Waals surface area (Å²) >= 11 is 1.85. The summed E-state index contributed by atoms with van der Waals surface area (Å²) < 4.78 is 5.73. The van der Waals surface area contributed by atoms with Crippen LogP contribution in [0.4, 0.5) is 0 Å². The Morgan fingerprint density at radius 1 is 1.48 bits per heavy atom. The van der Waals surface area contributed by atoms with Crippen molar-refractivity contribution in [3.05, 3.63) is 23.7 Å². The Morgan fingerprint density at radius 3 is 2.90 bits per heavy atom. The SMILES string of the molecule is Cc1ccc(C2CSCCN2C(=O)CC2(O)CCCC2)o1. The number of carbonyl (C=O) groups is 1. The standard InChI is InChI=1S/C16H23NO3S/c1-12-4-5-14(20-12)13-11-21-9-8-17(13)15(18)10-16(19)6-2-3-7-16/h4-5,13,19H,2-3,6-11H2,1H3. The first-order valence-electron chi connectivity index (χ1n) is 7.73. The number of carbonyl (C=O) groups excluding carboxylic acids is 1. The van der Waals surface area contributed by atoms with Gasteiger partial charge in [-0.15, -0.1) is 0 Å². The average Bonchev–Trinajstić information content (AvgIpc) is 3.08. The zero-order chi connectivity index (χ0) is 14.9. The van der Waals surface area contributed by atoms with E-state index >= 15 is 0 Å². The van der Waals surface area contributed by atoms with Crippen molar-refractivity contribution in [2.24, 2.45) is 0 Å². The molecule has 1 unspecified atom stereocenters. The minimum absolute atomic E-state index is 0.00922. The van der Waals surface area contributed by atoms with Crippen molar-refractivity contribution in [2.75, 3.05) is 18.1 Å². The third kappa shape index (κ3) is 3.29. The second kappa shape index (κ2) is 6.05. The van der Waals surface area contributed by atoms with Gasteiger partial charge in [0.1, 0.15) is 11.5 Å². The van der Waals surface area contributed by atoms with Gasteiger partial charge in [0.05, 0.1) is 18.1 Å². The third-order valence-corrected chi connectivity index (χ3v) is 5.58. The number of amides is 1. The molecular weight excluding hydrogens is 286 g/mol. The Kier molecular flexibility index (Phi) is 4.31. The zero-order valence-electron chi connectivity index (χ0n) is 12.5. The summed E-state index contributed by atoms with van der Waals surface area (Å²) in [5.41, 5.74) is -0.773. The van der Waals surface area contributed by atoms with E-state index in [4.69, 9.17) is 4.42 Å². The summed E-state index contributed by atoms with van der Waals surface area (Å²) in [7, 11) is 0. The lowest BCUT2D eigenvalue weighted by Crippen LogP contribution is -2.44. The Hall–Kier alpha value is -0.940. The van der Waals surface area contributed by atoms with Crippen LogP contribution in [0.2, 0.25) is 0 Å². The first-order chi connectivity index (χ1) is 10.1. The van der Waals surface area contributed by atoms with E-state index < -0.39 is 5.60 Å². The molecule has 4 nitrogen and oxygen atoms in total. The zero-order valence-corrected chi connectivity index (χ0v) is 13.3. The van der Waals surface area contributed by atoms with Gasteiger partial charge in [0, 0.05) is 18.1 Å². The second-order valence-electron chi connectivity index (χ2n) is 6.23. The Labute approximate surface area is 129 Å². The van der Waals surface area contributed by atoms with Crippen molar-refractivity contribution in [1.29, 1.82) is 0 Å². The van der Waals surface area contributed by atoms with E-state index in [2.05, 4.69) is 0 Å². The maximum Gasteiger partial charge on any atom is 0.226 e. The minimum Gasteiger partial charge on any atom is -0.464 e. The maximum absolute atomic E-state index is 12.7. The molecule has 21 heavy (non-hydrogen) atoms. The van der Waals surface area contributed by atoms with Crippen LogP contribution in [0.5, 0.6) is 0 Å². The molecule has 1 aromatic heterocycles. The lowest BCUT2D eigenvalue weighted by atomic mass is 9.96. The van der Waals surface area contributed by atoms with Crippen LogP contribution in [0, 0.1) is 6.92 Å². The molecule has 5 heteroatoms. The molecule has 0 radical (unpaired) electrons. The van der Waals surface area contributed by atoms with Crippen LogP contribution in [-0.4, -0.2) is 39.6 Å². The molecule has 2 heterocycles. The van der Waals surface area contributed by atoms with Crippen LogP contribution in [0.15, 0.2) is 16.5 Å². The molecule has 1 atom stereocenters. The number of rotatable bonds is 3. The Balaban J connectivity index is 1.73. The van der Waals surface area contributed by atoms with E-state index in [1.54, 1.807) is 0 Å². The molecule has 1 N–H and O–H groups in total. The van der Waals surface area contributed by atoms with E-state index in [0.29, 0.717) is 0 Å².